The number of hydrogen-bond donors (Lipinski definition) is 0. The molecule has 0 N–H and O–H groups in total. The number of aromatic nitrogens is 1. The van der Waals surface area contributed by atoms with Crippen LogP contribution in [0.5, 0.6) is 0 Å². The molecule has 0 aliphatic heterocycles. The van der Waals surface area contributed by atoms with E-state index in [9.17, 15) is 4.79 Å². The van der Waals surface area contributed by atoms with E-state index in [1.165, 1.54) is 6.92 Å². The maximum absolute atomic E-state index is 11.7. The van der Waals surface area contributed by atoms with Crippen LogP contribution >= 0.6 is 34.8 Å². The number of rotatable bonds is 3. The number of hydrogen-bond acceptors (Lipinski definition) is 1. The molecule has 0 spiro atoms. The topological polar surface area (TPSA) is 22.0 Å². The van der Waals surface area contributed by atoms with Gasteiger partial charge in [0.05, 0.1) is 16.1 Å². The van der Waals surface area contributed by atoms with Crippen LogP contribution < -0.4 is 0 Å². The number of carbonyl (C=O) groups is 1. The number of carbonyl (C=O) groups excluding carboxylic acids is 1. The van der Waals surface area contributed by atoms with Crippen molar-refractivity contribution in [3.63, 3.8) is 0 Å². The van der Waals surface area contributed by atoms with Gasteiger partial charge in [-0.05, 0) is 25.5 Å². The SMILES string of the molecule is CCCn1c(Cl)c(C(C)=O)c2cc(Cl)cc(Cl)c21. The van der Waals surface area contributed by atoms with E-state index >= 15 is 0 Å². The van der Waals surface area contributed by atoms with Gasteiger partial charge >= 0.3 is 0 Å². The van der Waals surface area contributed by atoms with Crippen LogP contribution in [0.1, 0.15) is 30.6 Å². The normalized spacial score (nSPS) is 11.2. The molecule has 0 radical (unpaired) electrons. The molecular formula is C13H12Cl3NO. The van der Waals surface area contributed by atoms with E-state index in [0.29, 0.717) is 27.3 Å². The predicted octanol–water partition coefficient (Wildman–Crippen LogP) is 5.21. The van der Waals surface area contributed by atoms with Crippen molar-refractivity contribution in [3.8, 4) is 0 Å². The zero-order valence-electron chi connectivity index (χ0n) is 10.1. The molecule has 0 bridgehead atoms. The summed E-state index contributed by atoms with van der Waals surface area (Å²) in [5, 5.41) is 2.17. The summed E-state index contributed by atoms with van der Waals surface area (Å²) in [6.07, 6.45) is 0.903. The number of fused-ring (bicyclic) bond motifs is 1. The third-order valence-corrected chi connectivity index (χ3v) is 3.71. The fourth-order valence-electron chi connectivity index (χ4n) is 2.14. The Morgan fingerprint density at radius 2 is 1.94 bits per heavy atom. The quantitative estimate of drug-likeness (QED) is 0.713. The second kappa shape index (κ2) is 5.12. The molecule has 0 aliphatic carbocycles. The largest absolute Gasteiger partial charge is 0.330 e. The van der Waals surface area contributed by atoms with Gasteiger partial charge in [0.15, 0.2) is 5.78 Å². The Balaban J connectivity index is 2.92. The molecule has 0 saturated heterocycles. The fraction of sp³-hybridized carbons (Fsp3) is 0.308. The van der Waals surface area contributed by atoms with Crippen molar-refractivity contribution in [2.45, 2.75) is 26.8 Å². The minimum atomic E-state index is -0.0850. The molecule has 0 aliphatic rings. The van der Waals surface area contributed by atoms with Crippen LogP contribution in [0, 0.1) is 0 Å². The lowest BCUT2D eigenvalue weighted by Crippen LogP contribution is -1.98. The summed E-state index contributed by atoms with van der Waals surface area (Å²) in [5.74, 6) is -0.0850. The third-order valence-electron chi connectivity index (χ3n) is 2.81. The summed E-state index contributed by atoms with van der Waals surface area (Å²) in [7, 11) is 0. The van der Waals surface area contributed by atoms with Crippen molar-refractivity contribution < 1.29 is 4.79 Å². The van der Waals surface area contributed by atoms with Crippen LogP contribution in [0.25, 0.3) is 10.9 Å². The van der Waals surface area contributed by atoms with Gasteiger partial charge in [-0.2, -0.15) is 0 Å². The van der Waals surface area contributed by atoms with Gasteiger partial charge in [-0.15, -0.1) is 0 Å². The summed E-state index contributed by atoms with van der Waals surface area (Å²) >= 11 is 18.5. The zero-order chi connectivity index (χ0) is 13.4. The van der Waals surface area contributed by atoms with Crippen LogP contribution in [-0.4, -0.2) is 10.4 Å². The molecule has 2 nitrogen and oxygen atoms in total. The van der Waals surface area contributed by atoms with Gasteiger partial charge in [0.1, 0.15) is 5.15 Å². The van der Waals surface area contributed by atoms with Crippen molar-refractivity contribution in [2.24, 2.45) is 0 Å². The van der Waals surface area contributed by atoms with Crippen molar-refractivity contribution in [3.05, 3.63) is 32.9 Å². The number of aryl methyl sites for hydroxylation is 1. The highest BCUT2D eigenvalue weighted by Gasteiger charge is 2.20. The highest BCUT2D eigenvalue weighted by Crippen LogP contribution is 2.37. The van der Waals surface area contributed by atoms with Gasteiger partial charge in [0.25, 0.3) is 0 Å². The van der Waals surface area contributed by atoms with Crippen LogP contribution in [0.2, 0.25) is 15.2 Å². The molecule has 1 aromatic carbocycles. The first-order valence-corrected chi connectivity index (χ1v) is 6.78. The molecule has 2 rings (SSSR count). The monoisotopic (exact) mass is 303 g/mol. The first-order valence-electron chi connectivity index (χ1n) is 5.65. The van der Waals surface area contributed by atoms with Gasteiger partial charge < -0.3 is 4.57 Å². The lowest BCUT2D eigenvalue weighted by atomic mass is 10.1. The number of ketones is 1. The Kier molecular flexibility index (Phi) is 3.90. The highest BCUT2D eigenvalue weighted by molar-refractivity contribution is 6.41. The predicted molar refractivity (Wildman–Crippen MR) is 77.3 cm³/mol. The van der Waals surface area contributed by atoms with E-state index in [4.69, 9.17) is 34.8 Å². The summed E-state index contributed by atoms with van der Waals surface area (Å²) in [5.41, 5.74) is 1.27. The summed E-state index contributed by atoms with van der Waals surface area (Å²) < 4.78 is 1.87. The summed E-state index contributed by atoms with van der Waals surface area (Å²) in [4.78, 5) is 11.7. The van der Waals surface area contributed by atoms with Crippen LogP contribution in [0.4, 0.5) is 0 Å². The van der Waals surface area contributed by atoms with Crippen molar-refractivity contribution in [2.75, 3.05) is 0 Å². The Bertz CT molecular complexity index is 631. The third kappa shape index (κ3) is 2.13. The molecular weight excluding hydrogens is 293 g/mol. The number of benzene rings is 1. The summed E-state index contributed by atoms with van der Waals surface area (Å²) in [6.45, 7) is 4.25. The first-order chi connectivity index (χ1) is 8.47. The Hall–Kier alpha value is -0.700. The molecule has 0 fully saturated rings. The van der Waals surface area contributed by atoms with Crippen molar-refractivity contribution >= 4 is 51.5 Å². The van der Waals surface area contributed by atoms with Gasteiger partial charge in [-0.3, -0.25) is 4.79 Å². The molecule has 1 heterocycles. The van der Waals surface area contributed by atoms with Gasteiger partial charge in [0.2, 0.25) is 0 Å². The highest BCUT2D eigenvalue weighted by atomic mass is 35.5. The Morgan fingerprint density at radius 3 is 2.50 bits per heavy atom. The molecule has 0 unspecified atom stereocenters. The van der Waals surface area contributed by atoms with Gasteiger partial charge in [0, 0.05) is 17.0 Å². The lowest BCUT2D eigenvalue weighted by Gasteiger charge is -2.06. The molecule has 0 saturated carbocycles. The van der Waals surface area contributed by atoms with E-state index < -0.39 is 0 Å². The van der Waals surface area contributed by atoms with E-state index in [2.05, 4.69) is 0 Å². The first kappa shape index (κ1) is 13.7. The maximum Gasteiger partial charge on any atom is 0.163 e. The van der Waals surface area contributed by atoms with Gasteiger partial charge in [-0.1, -0.05) is 41.7 Å². The van der Waals surface area contributed by atoms with Gasteiger partial charge in [-0.25, -0.2) is 0 Å². The van der Waals surface area contributed by atoms with E-state index in [-0.39, 0.29) is 5.78 Å². The molecule has 0 atom stereocenters. The van der Waals surface area contributed by atoms with Crippen molar-refractivity contribution in [1.29, 1.82) is 0 Å². The maximum atomic E-state index is 11.7. The molecule has 5 heteroatoms. The van der Waals surface area contributed by atoms with E-state index in [1.807, 2.05) is 11.5 Å². The van der Waals surface area contributed by atoms with Crippen LogP contribution in [0.15, 0.2) is 12.1 Å². The van der Waals surface area contributed by atoms with Crippen LogP contribution in [0.3, 0.4) is 0 Å². The van der Waals surface area contributed by atoms with Crippen molar-refractivity contribution in [1.82, 2.24) is 4.57 Å². The minimum absolute atomic E-state index is 0.0850. The average Bonchev–Trinajstić information content (AvgIpc) is 2.52. The lowest BCUT2D eigenvalue weighted by molar-refractivity contribution is 0.101. The number of halogens is 3. The van der Waals surface area contributed by atoms with Crippen LogP contribution in [-0.2, 0) is 6.54 Å². The second-order valence-corrected chi connectivity index (χ2v) is 5.36. The van der Waals surface area contributed by atoms with E-state index in [0.717, 1.165) is 17.3 Å². The smallest absolute Gasteiger partial charge is 0.163 e. The molecule has 2 aromatic rings. The molecule has 18 heavy (non-hydrogen) atoms. The number of nitrogens with zero attached hydrogens (tertiary/aromatic N) is 1. The Morgan fingerprint density at radius 1 is 1.28 bits per heavy atom. The van der Waals surface area contributed by atoms with E-state index in [1.54, 1.807) is 12.1 Å². The fourth-order valence-corrected chi connectivity index (χ4v) is 3.14. The average molecular weight is 305 g/mol. The minimum Gasteiger partial charge on any atom is -0.330 e. The number of Topliss-reactive ketones (excluding diaryl/α,β-unsaturated/α-hetero) is 1. The molecule has 0 amide bonds. The molecule has 1 aromatic heterocycles. The summed E-state index contributed by atoms with van der Waals surface area (Å²) in [6, 6.07) is 3.40. The molecule has 96 valence electrons. The second-order valence-electron chi connectivity index (χ2n) is 4.16. The standard InChI is InChI=1S/C13H12Cl3NO/c1-3-4-17-12-9(5-8(14)6-10(12)15)11(7(2)18)13(17)16/h5-6H,3-4H2,1-2H3. The zero-order valence-corrected chi connectivity index (χ0v) is 12.3. The Labute approximate surface area is 120 Å².